The van der Waals surface area contributed by atoms with Gasteiger partial charge in [0.25, 0.3) is 17.8 Å². The molecule has 0 aromatic rings. The van der Waals surface area contributed by atoms with E-state index in [0.29, 0.717) is 18.4 Å². The number of rotatable bonds is 12. The van der Waals surface area contributed by atoms with Crippen LogP contribution in [0.3, 0.4) is 0 Å². The topological polar surface area (TPSA) is 93.1 Å². The van der Waals surface area contributed by atoms with E-state index in [9.17, 15) is 9.59 Å². The van der Waals surface area contributed by atoms with E-state index in [4.69, 9.17) is 19.7 Å². The number of carboxylic acid groups (broad SMARTS) is 2. The molecule has 1 aliphatic heterocycles. The molecule has 0 saturated heterocycles. The van der Waals surface area contributed by atoms with Gasteiger partial charge in [0.15, 0.2) is 0 Å². The van der Waals surface area contributed by atoms with Crippen LogP contribution >= 0.6 is 0 Å². The Balaban J connectivity index is 2.39. The van der Waals surface area contributed by atoms with Crippen molar-refractivity contribution in [2.45, 2.75) is 72.5 Å². The average Bonchev–Trinajstić information content (AvgIpc) is 3.07. The Bertz CT molecular complexity index is 721. The Morgan fingerprint density at radius 1 is 0.828 bits per heavy atom. The summed E-state index contributed by atoms with van der Waals surface area (Å²) < 4.78 is 10.2. The highest BCUT2D eigenvalue weighted by atomic mass is 16.7. The predicted molar refractivity (Wildman–Crippen MR) is 112 cm³/mol. The first-order valence-electron chi connectivity index (χ1n) is 9.78. The van der Waals surface area contributed by atoms with Gasteiger partial charge in [-0.05, 0) is 66.2 Å². The molecule has 160 valence electrons. The fraction of sp³-hybridized carbons (Fsp3) is 0.478. The van der Waals surface area contributed by atoms with Crippen LogP contribution in [0.2, 0.25) is 0 Å². The zero-order valence-corrected chi connectivity index (χ0v) is 17.8. The fourth-order valence-corrected chi connectivity index (χ4v) is 2.77. The van der Waals surface area contributed by atoms with Crippen molar-refractivity contribution < 1.29 is 29.3 Å². The second-order valence-corrected chi connectivity index (χ2v) is 7.49. The summed E-state index contributed by atoms with van der Waals surface area (Å²) in [5.74, 6) is -4.33. The Hall–Kier alpha value is -2.76. The summed E-state index contributed by atoms with van der Waals surface area (Å²) in [5.41, 5.74) is 4.50. The Kier molecular flexibility index (Phi) is 10.00. The number of carbonyl (C=O) groups is 2. The fourth-order valence-electron chi connectivity index (χ4n) is 2.77. The lowest BCUT2D eigenvalue weighted by atomic mass is 10.0. The summed E-state index contributed by atoms with van der Waals surface area (Å²) in [5, 5.41) is 18.0. The van der Waals surface area contributed by atoms with E-state index >= 15 is 0 Å². The van der Waals surface area contributed by atoms with E-state index in [1.165, 1.54) is 16.7 Å². The van der Waals surface area contributed by atoms with Crippen molar-refractivity contribution in [2.24, 2.45) is 0 Å². The van der Waals surface area contributed by atoms with Crippen molar-refractivity contribution in [1.82, 2.24) is 0 Å². The van der Waals surface area contributed by atoms with E-state index in [-0.39, 0.29) is 0 Å². The van der Waals surface area contributed by atoms with Crippen molar-refractivity contribution >= 4 is 11.9 Å². The van der Waals surface area contributed by atoms with Crippen LogP contribution in [-0.2, 0) is 19.1 Å². The lowest BCUT2D eigenvalue weighted by Crippen LogP contribution is -2.14. The molecule has 29 heavy (non-hydrogen) atoms. The maximum absolute atomic E-state index is 11.1. The summed E-state index contributed by atoms with van der Waals surface area (Å²) >= 11 is 0. The number of hydrogen-bond donors (Lipinski definition) is 2. The Morgan fingerprint density at radius 2 is 1.24 bits per heavy atom. The second kappa shape index (κ2) is 11.9. The normalized spacial score (nSPS) is 15.0. The molecule has 0 aromatic carbocycles. The molecule has 1 heterocycles. The summed E-state index contributed by atoms with van der Waals surface area (Å²) in [6, 6.07) is 0. The quantitative estimate of drug-likeness (QED) is 0.418. The van der Waals surface area contributed by atoms with Gasteiger partial charge in [-0.3, -0.25) is 0 Å². The lowest BCUT2D eigenvalue weighted by molar-refractivity contribution is -0.138. The van der Waals surface area contributed by atoms with Crippen molar-refractivity contribution in [2.75, 3.05) is 0 Å². The lowest BCUT2D eigenvalue weighted by Gasteiger charge is -2.13. The molecule has 0 spiro atoms. The van der Waals surface area contributed by atoms with Crippen LogP contribution in [0.1, 0.15) is 66.2 Å². The van der Waals surface area contributed by atoms with Gasteiger partial charge in [0.05, 0.1) is 0 Å². The van der Waals surface area contributed by atoms with E-state index in [1.807, 2.05) is 0 Å². The van der Waals surface area contributed by atoms with Gasteiger partial charge in [-0.15, -0.1) is 0 Å². The summed E-state index contributed by atoms with van der Waals surface area (Å²) in [7, 11) is 0. The number of allylic oxidation sites excluding steroid dienone is 6. The smallest absolute Gasteiger partial charge is 0.375 e. The molecule has 0 atom stereocenters. The van der Waals surface area contributed by atoms with E-state index in [2.05, 4.69) is 52.5 Å². The first kappa shape index (κ1) is 24.3. The minimum absolute atomic E-state index is 0.499. The molecule has 2 N–H and O–H groups in total. The first-order chi connectivity index (χ1) is 13.6. The Morgan fingerprint density at radius 3 is 1.66 bits per heavy atom. The number of carboxylic acids is 2. The molecule has 0 saturated carbocycles. The van der Waals surface area contributed by atoms with Gasteiger partial charge in [-0.2, -0.15) is 0 Å². The van der Waals surface area contributed by atoms with E-state index < -0.39 is 29.7 Å². The maximum Gasteiger partial charge on any atom is 0.375 e. The molecular weight excluding hydrogens is 372 g/mol. The maximum atomic E-state index is 11.1. The summed E-state index contributed by atoms with van der Waals surface area (Å²) in [6.45, 7) is 12.3. The van der Waals surface area contributed by atoms with Gasteiger partial charge >= 0.3 is 11.9 Å². The van der Waals surface area contributed by atoms with Gasteiger partial charge in [0, 0.05) is 5.57 Å². The van der Waals surface area contributed by atoms with Crippen molar-refractivity contribution in [1.29, 1.82) is 0 Å². The van der Waals surface area contributed by atoms with E-state index in [1.54, 1.807) is 0 Å². The van der Waals surface area contributed by atoms with Gasteiger partial charge in [0.2, 0.25) is 0 Å². The molecule has 0 fully saturated rings. The minimum Gasteiger partial charge on any atom is -0.475 e. The molecule has 0 radical (unpaired) electrons. The standard InChI is InChI=1S/C23H32O6/c1-15(2)9-6-10-16(3)11-7-12-17(4)13-8-14-18(5)23-28-19(21(24)25)20(29-23)22(26)27/h9,11,13,23H,5-8,10,12,14H2,1-4H3,(H,24,25)(H,26,27). The van der Waals surface area contributed by atoms with Crippen LogP contribution < -0.4 is 0 Å². The van der Waals surface area contributed by atoms with Crippen LogP contribution in [0.4, 0.5) is 0 Å². The van der Waals surface area contributed by atoms with Crippen LogP contribution in [0, 0.1) is 0 Å². The predicted octanol–water partition coefficient (Wildman–Crippen LogP) is 5.50. The second-order valence-electron chi connectivity index (χ2n) is 7.49. The molecule has 1 rings (SSSR count). The van der Waals surface area contributed by atoms with Crippen LogP contribution in [0.25, 0.3) is 0 Å². The van der Waals surface area contributed by atoms with Gasteiger partial charge < -0.3 is 19.7 Å². The average molecular weight is 405 g/mol. The largest absolute Gasteiger partial charge is 0.475 e. The third kappa shape index (κ3) is 8.85. The van der Waals surface area contributed by atoms with Gasteiger partial charge in [-0.25, -0.2) is 9.59 Å². The molecule has 0 aromatic heterocycles. The highest BCUT2D eigenvalue weighted by Gasteiger charge is 2.37. The van der Waals surface area contributed by atoms with Crippen molar-refractivity contribution in [3.63, 3.8) is 0 Å². The zero-order valence-electron chi connectivity index (χ0n) is 17.8. The highest BCUT2D eigenvalue weighted by molar-refractivity contribution is 5.96. The van der Waals surface area contributed by atoms with Crippen molar-refractivity contribution in [3.8, 4) is 0 Å². The number of ether oxygens (including phenoxy) is 2. The van der Waals surface area contributed by atoms with Gasteiger partial charge in [-0.1, -0.05) is 41.5 Å². The van der Waals surface area contributed by atoms with Crippen LogP contribution in [0.15, 0.2) is 58.6 Å². The van der Waals surface area contributed by atoms with E-state index in [0.717, 1.165) is 25.7 Å². The Labute approximate surface area is 172 Å². The molecule has 0 aliphatic carbocycles. The van der Waals surface area contributed by atoms with Crippen molar-refractivity contribution in [3.05, 3.63) is 58.6 Å². The SMILES string of the molecule is C=C(CCC=C(C)CCC=C(C)CCC=C(C)C)C1OC(C(=O)O)=C(C(=O)O)O1. The first-order valence-corrected chi connectivity index (χ1v) is 9.78. The third-order valence-corrected chi connectivity index (χ3v) is 4.46. The molecule has 6 heteroatoms. The van der Waals surface area contributed by atoms with Gasteiger partial charge in [0.1, 0.15) is 0 Å². The minimum atomic E-state index is -1.47. The summed E-state index contributed by atoms with van der Waals surface area (Å²) in [6.07, 6.45) is 10.9. The monoisotopic (exact) mass is 404 g/mol. The van der Waals surface area contributed by atoms with Crippen LogP contribution in [-0.4, -0.2) is 28.4 Å². The molecule has 6 nitrogen and oxygen atoms in total. The molecule has 0 amide bonds. The molecule has 0 bridgehead atoms. The molecule has 1 aliphatic rings. The number of hydrogen-bond acceptors (Lipinski definition) is 4. The number of aliphatic carboxylic acids is 2. The third-order valence-electron chi connectivity index (χ3n) is 4.46. The van der Waals surface area contributed by atoms with Crippen LogP contribution in [0.5, 0.6) is 0 Å². The molecule has 0 unspecified atom stereocenters. The molecular formula is C23H32O6. The zero-order chi connectivity index (χ0) is 22.0. The summed E-state index contributed by atoms with van der Waals surface area (Å²) in [4.78, 5) is 22.1. The highest BCUT2D eigenvalue weighted by Crippen LogP contribution is 2.28.